The molecule has 0 atom stereocenters. The van der Waals surface area contributed by atoms with Gasteiger partial charge < -0.3 is 5.32 Å². The van der Waals surface area contributed by atoms with Crippen molar-refractivity contribution in [1.29, 1.82) is 0 Å². The molecule has 0 aromatic heterocycles. The molecule has 1 aromatic carbocycles. The van der Waals surface area contributed by atoms with Crippen LogP contribution in [0.4, 0.5) is 4.39 Å². The fraction of sp³-hybridized carbons (Fsp3) is 0.538. The monoisotopic (exact) mass is 300 g/mol. The van der Waals surface area contributed by atoms with E-state index < -0.39 is 0 Å². The molecule has 0 saturated carbocycles. The summed E-state index contributed by atoms with van der Waals surface area (Å²) in [6.45, 7) is 3.11. The van der Waals surface area contributed by atoms with Gasteiger partial charge in [0.15, 0.2) is 0 Å². The topological polar surface area (TPSA) is 15.3 Å². The Morgan fingerprint density at radius 3 is 2.71 bits per heavy atom. The lowest BCUT2D eigenvalue weighted by Gasteiger charge is -2.31. The van der Waals surface area contributed by atoms with E-state index in [0.29, 0.717) is 6.04 Å². The number of benzene rings is 1. The fourth-order valence-electron chi connectivity index (χ4n) is 2.27. The van der Waals surface area contributed by atoms with Gasteiger partial charge in [0.05, 0.1) is 0 Å². The number of rotatable bonds is 3. The fourth-order valence-corrected chi connectivity index (χ4v) is 2.75. The largest absolute Gasteiger partial charge is 0.317 e. The van der Waals surface area contributed by atoms with E-state index in [1.807, 2.05) is 13.1 Å². The minimum absolute atomic E-state index is 0.186. The molecule has 0 radical (unpaired) electrons. The highest BCUT2D eigenvalue weighted by atomic mass is 79.9. The summed E-state index contributed by atoms with van der Waals surface area (Å²) < 4.78 is 13.8. The van der Waals surface area contributed by atoms with Crippen molar-refractivity contribution in [2.75, 3.05) is 20.1 Å². The van der Waals surface area contributed by atoms with Gasteiger partial charge in [-0.1, -0.05) is 22.0 Å². The van der Waals surface area contributed by atoms with Crippen LogP contribution >= 0.6 is 15.9 Å². The maximum Gasteiger partial charge on any atom is 0.124 e. The number of hydrogen-bond acceptors (Lipinski definition) is 2. The number of hydrogen-bond donors (Lipinski definition) is 1. The zero-order valence-electron chi connectivity index (χ0n) is 10.0. The van der Waals surface area contributed by atoms with E-state index >= 15 is 0 Å². The summed E-state index contributed by atoms with van der Waals surface area (Å²) in [5.41, 5.74) is 1.16. The second kappa shape index (κ2) is 5.94. The normalized spacial score (nSPS) is 18.5. The Kier molecular flexibility index (Phi) is 4.54. The van der Waals surface area contributed by atoms with Gasteiger partial charge in [-0.25, -0.2) is 4.39 Å². The highest BCUT2D eigenvalue weighted by Gasteiger charge is 2.18. The van der Waals surface area contributed by atoms with Crippen LogP contribution in [0.5, 0.6) is 0 Å². The zero-order chi connectivity index (χ0) is 12.3. The summed E-state index contributed by atoms with van der Waals surface area (Å²) in [7, 11) is 2.02. The Morgan fingerprint density at radius 1 is 1.41 bits per heavy atom. The van der Waals surface area contributed by atoms with Gasteiger partial charge in [0.2, 0.25) is 0 Å². The lowest BCUT2D eigenvalue weighted by Crippen LogP contribution is -2.40. The van der Waals surface area contributed by atoms with Crippen LogP contribution < -0.4 is 5.32 Å². The summed E-state index contributed by atoms with van der Waals surface area (Å²) in [5.74, 6) is -0.186. The van der Waals surface area contributed by atoms with Gasteiger partial charge in [-0.05, 0) is 50.7 Å². The molecule has 0 aliphatic carbocycles. The molecule has 1 aliphatic heterocycles. The van der Waals surface area contributed by atoms with Crippen LogP contribution in [0, 0.1) is 5.82 Å². The Bertz CT molecular complexity index is 376. The third kappa shape index (κ3) is 3.50. The molecule has 2 nitrogen and oxygen atoms in total. The quantitative estimate of drug-likeness (QED) is 0.923. The van der Waals surface area contributed by atoms with Gasteiger partial charge in [-0.2, -0.15) is 0 Å². The van der Waals surface area contributed by atoms with E-state index in [-0.39, 0.29) is 5.82 Å². The highest BCUT2D eigenvalue weighted by molar-refractivity contribution is 9.10. The van der Waals surface area contributed by atoms with E-state index in [4.69, 9.17) is 0 Å². The van der Waals surface area contributed by atoms with Crippen LogP contribution in [-0.2, 0) is 6.54 Å². The van der Waals surface area contributed by atoms with Gasteiger partial charge in [0.1, 0.15) is 5.82 Å². The maximum absolute atomic E-state index is 13.0. The maximum atomic E-state index is 13.0. The third-order valence-corrected chi connectivity index (χ3v) is 4.14. The highest BCUT2D eigenvalue weighted by Crippen LogP contribution is 2.21. The van der Waals surface area contributed by atoms with Gasteiger partial charge >= 0.3 is 0 Å². The van der Waals surface area contributed by atoms with E-state index in [2.05, 4.69) is 26.1 Å². The molecular formula is C13H18BrFN2. The van der Waals surface area contributed by atoms with Crippen molar-refractivity contribution >= 4 is 15.9 Å². The average Bonchev–Trinajstić information content (AvgIpc) is 2.34. The van der Waals surface area contributed by atoms with E-state index in [1.54, 1.807) is 0 Å². The first-order chi connectivity index (χ1) is 8.19. The number of piperidine rings is 1. The van der Waals surface area contributed by atoms with Crippen molar-refractivity contribution < 1.29 is 4.39 Å². The van der Waals surface area contributed by atoms with Gasteiger partial charge in [0.25, 0.3) is 0 Å². The Hall–Kier alpha value is -0.450. The standard InChI is InChI=1S/C13H18BrFN2/c1-16-12-4-6-17(7-5-12)9-10-2-3-11(15)8-13(10)14/h2-3,8,12,16H,4-7,9H2,1H3. The Morgan fingerprint density at radius 2 is 2.12 bits per heavy atom. The number of likely N-dealkylation sites (tertiary alicyclic amines) is 1. The lowest BCUT2D eigenvalue weighted by atomic mass is 10.0. The summed E-state index contributed by atoms with van der Waals surface area (Å²) in [4.78, 5) is 2.42. The molecule has 1 heterocycles. The molecule has 0 spiro atoms. The minimum Gasteiger partial charge on any atom is -0.317 e. The van der Waals surface area contributed by atoms with Crippen LogP contribution in [0.25, 0.3) is 0 Å². The van der Waals surface area contributed by atoms with Crippen LogP contribution in [0.15, 0.2) is 22.7 Å². The molecule has 1 saturated heterocycles. The number of nitrogens with zero attached hydrogens (tertiary/aromatic N) is 1. The van der Waals surface area contributed by atoms with Gasteiger partial charge in [0, 0.05) is 17.1 Å². The van der Waals surface area contributed by atoms with Crippen LogP contribution in [0.2, 0.25) is 0 Å². The van der Waals surface area contributed by atoms with Crippen LogP contribution in [-0.4, -0.2) is 31.1 Å². The molecule has 17 heavy (non-hydrogen) atoms. The molecule has 2 rings (SSSR count). The summed E-state index contributed by atoms with van der Waals surface area (Å²) in [6, 6.07) is 5.59. The zero-order valence-corrected chi connectivity index (χ0v) is 11.6. The van der Waals surface area contributed by atoms with Crippen LogP contribution in [0.1, 0.15) is 18.4 Å². The molecule has 0 amide bonds. The van der Waals surface area contributed by atoms with Gasteiger partial charge in [-0.3, -0.25) is 4.90 Å². The molecule has 4 heteroatoms. The number of halogens is 2. The molecule has 1 fully saturated rings. The molecule has 0 unspecified atom stereocenters. The molecule has 1 aromatic rings. The average molecular weight is 301 g/mol. The van der Waals surface area contributed by atoms with Crippen molar-refractivity contribution in [2.24, 2.45) is 0 Å². The second-order valence-corrected chi connectivity index (χ2v) is 5.43. The third-order valence-electron chi connectivity index (χ3n) is 3.40. The number of nitrogens with one attached hydrogen (secondary N) is 1. The molecule has 0 bridgehead atoms. The summed E-state index contributed by atoms with van der Waals surface area (Å²) in [6.07, 6.45) is 2.38. The Labute approximate surface area is 110 Å². The summed E-state index contributed by atoms with van der Waals surface area (Å²) >= 11 is 3.42. The smallest absolute Gasteiger partial charge is 0.124 e. The van der Waals surface area contributed by atoms with Crippen molar-refractivity contribution in [1.82, 2.24) is 10.2 Å². The van der Waals surface area contributed by atoms with E-state index in [0.717, 1.165) is 29.7 Å². The first-order valence-corrected chi connectivity index (χ1v) is 6.82. The van der Waals surface area contributed by atoms with E-state index in [1.165, 1.54) is 25.0 Å². The lowest BCUT2D eigenvalue weighted by molar-refractivity contribution is 0.194. The predicted molar refractivity (Wildman–Crippen MR) is 71.5 cm³/mol. The first kappa shape index (κ1) is 13.0. The van der Waals surface area contributed by atoms with Gasteiger partial charge in [-0.15, -0.1) is 0 Å². The summed E-state index contributed by atoms with van der Waals surface area (Å²) in [5, 5.41) is 3.32. The predicted octanol–water partition coefficient (Wildman–Crippen LogP) is 2.77. The van der Waals surface area contributed by atoms with Crippen molar-refractivity contribution in [2.45, 2.75) is 25.4 Å². The second-order valence-electron chi connectivity index (χ2n) is 4.57. The van der Waals surface area contributed by atoms with Crippen molar-refractivity contribution in [3.05, 3.63) is 34.1 Å². The van der Waals surface area contributed by atoms with Crippen molar-refractivity contribution in [3.8, 4) is 0 Å². The van der Waals surface area contributed by atoms with Crippen LogP contribution in [0.3, 0.4) is 0 Å². The first-order valence-electron chi connectivity index (χ1n) is 6.02. The molecule has 94 valence electrons. The molecule has 1 aliphatic rings. The SMILES string of the molecule is CNC1CCN(Cc2ccc(F)cc2Br)CC1. The molecule has 1 N–H and O–H groups in total. The minimum atomic E-state index is -0.186. The Balaban J connectivity index is 1.93. The van der Waals surface area contributed by atoms with E-state index in [9.17, 15) is 4.39 Å². The molecular weight excluding hydrogens is 283 g/mol. The van der Waals surface area contributed by atoms with Crippen molar-refractivity contribution in [3.63, 3.8) is 0 Å².